The summed E-state index contributed by atoms with van der Waals surface area (Å²) in [6.07, 6.45) is 1.76. The van der Waals surface area contributed by atoms with Crippen LogP contribution in [0.15, 0.2) is 0 Å². The molecule has 0 radical (unpaired) electrons. The number of nitrogens with zero attached hydrogens (tertiary/aromatic N) is 1. The number of carbonyl (C=O) groups excluding carboxylic acids is 1. The monoisotopic (exact) mass is 228 g/mol. The van der Waals surface area contributed by atoms with E-state index in [1.54, 1.807) is 0 Å². The topological polar surface area (TPSA) is 41.6 Å². The number of amides is 1. The Balaban J connectivity index is 2.03. The molecule has 1 rings (SSSR count). The molecule has 1 heterocycles. The molecule has 4 heteroatoms. The molecule has 1 aliphatic heterocycles. The summed E-state index contributed by atoms with van der Waals surface area (Å²) >= 11 is 0. The van der Waals surface area contributed by atoms with Crippen molar-refractivity contribution < 1.29 is 9.53 Å². The van der Waals surface area contributed by atoms with Crippen LogP contribution in [0.5, 0.6) is 0 Å². The Bertz CT molecular complexity index is 199. The Labute approximate surface area is 98.3 Å². The van der Waals surface area contributed by atoms with Crippen molar-refractivity contribution in [2.24, 2.45) is 5.92 Å². The molecule has 1 atom stereocenters. The minimum Gasteiger partial charge on any atom is -0.381 e. The van der Waals surface area contributed by atoms with Gasteiger partial charge >= 0.3 is 0 Å². The minimum atomic E-state index is 0.250. The summed E-state index contributed by atoms with van der Waals surface area (Å²) < 4.78 is 5.29. The number of nitrogens with one attached hydrogen (secondary N) is 1. The highest BCUT2D eigenvalue weighted by Gasteiger charge is 2.15. The van der Waals surface area contributed by atoms with Crippen LogP contribution < -0.4 is 5.32 Å². The predicted molar refractivity (Wildman–Crippen MR) is 64.3 cm³/mol. The van der Waals surface area contributed by atoms with Crippen LogP contribution in [0.1, 0.15) is 26.7 Å². The van der Waals surface area contributed by atoms with Gasteiger partial charge in [0.25, 0.3) is 0 Å². The van der Waals surface area contributed by atoms with Crippen molar-refractivity contribution >= 4 is 5.91 Å². The third kappa shape index (κ3) is 4.49. The molecule has 0 aromatic rings. The lowest BCUT2D eigenvalue weighted by molar-refractivity contribution is -0.130. The van der Waals surface area contributed by atoms with E-state index in [0.717, 1.165) is 45.8 Å². The van der Waals surface area contributed by atoms with Crippen molar-refractivity contribution in [2.75, 3.05) is 39.4 Å². The van der Waals surface area contributed by atoms with Crippen LogP contribution in [0.2, 0.25) is 0 Å². The van der Waals surface area contributed by atoms with Crippen LogP contribution in [0.3, 0.4) is 0 Å². The Morgan fingerprint density at radius 1 is 1.44 bits per heavy atom. The van der Waals surface area contributed by atoms with E-state index >= 15 is 0 Å². The molecule has 1 amide bonds. The molecule has 1 saturated heterocycles. The zero-order chi connectivity index (χ0) is 11.8. The number of rotatable bonds is 7. The minimum absolute atomic E-state index is 0.250. The third-order valence-corrected chi connectivity index (χ3v) is 3.09. The van der Waals surface area contributed by atoms with Gasteiger partial charge in [0.2, 0.25) is 5.91 Å². The molecule has 0 aromatic carbocycles. The quantitative estimate of drug-likeness (QED) is 0.657. The molecule has 16 heavy (non-hydrogen) atoms. The van der Waals surface area contributed by atoms with Crippen molar-refractivity contribution in [3.8, 4) is 0 Å². The molecule has 0 saturated carbocycles. The van der Waals surface area contributed by atoms with E-state index in [1.807, 2.05) is 18.7 Å². The third-order valence-electron chi connectivity index (χ3n) is 3.09. The number of carbonyl (C=O) groups is 1. The largest absolute Gasteiger partial charge is 0.381 e. The molecule has 1 N–H and O–H groups in total. The second-order valence-corrected chi connectivity index (χ2v) is 4.25. The summed E-state index contributed by atoms with van der Waals surface area (Å²) in [6.45, 7) is 9.19. The first-order valence-corrected chi connectivity index (χ1v) is 6.34. The molecule has 4 nitrogen and oxygen atoms in total. The molecule has 94 valence electrons. The van der Waals surface area contributed by atoms with Gasteiger partial charge in [-0.15, -0.1) is 0 Å². The van der Waals surface area contributed by atoms with Crippen LogP contribution in [-0.2, 0) is 9.53 Å². The lowest BCUT2D eigenvalue weighted by atomic mass is 10.1. The van der Waals surface area contributed by atoms with E-state index < -0.39 is 0 Å². The lowest BCUT2D eigenvalue weighted by Gasteiger charge is -2.18. The normalized spacial score (nSPS) is 20.0. The fraction of sp³-hybridized carbons (Fsp3) is 0.917. The lowest BCUT2D eigenvalue weighted by Crippen LogP contribution is -2.33. The van der Waals surface area contributed by atoms with Gasteiger partial charge in [0.15, 0.2) is 0 Å². The molecule has 1 unspecified atom stereocenters. The van der Waals surface area contributed by atoms with E-state index in [-0.39, 0.29) is 5.91 Å². The fourth-order valence-electron chi connectivity index (χ4n) is 1.98. The SMILES string of the molecule is CCN(CC)C(=O)CCNCC1CCOC1. The van der Waals surface area contributed by atoms with Crippen molar-refractivity contribution in [2.45, 2.75) is 26.7 Å². The van der Waals surface area contributed by atoms with Crippen molar-refractivity contribution in [3.63, 3.8) is 0 Å². The van der Waals surface area contributed by atoms with E-state index in [0.29, 0.717) is 12.3 Å². The van der Waals surface area contributed by atoms with Crippen molar-refractivity contribution in [3.05, 3.63) is 0 Å². The van der Waals surface area contributed by atoms with Gasteiger partial charge in [0.1, 0.15) is 0 Å². The first-order valence-electron chi connectivity index (χ1n) is 6.34. The highest BCUT2D eigenvalue weighted by Crippen LogP contribution is 2.10. The summed E-state index contributed by atoms with van der Waals surface area (Å²) in [5, 5.41) is 3.33. The Kier molecular flexibility index (Phi) is 6.42. The summed E-state index contributed by atoms with van der Waals surface area (Å²) in [7, 11) is 0. The van der Waals surface area contributed by atoms with Crippen LogP contribution in [0, 0.1) is 5.92 Å². The van der Waals surface area contributed by atoms with Crippen LogP contribution >= 0.6 is 0 Å². The molecular weight excluding hydrogens is 204 g/mol. The van der Waals surface area contributed by atoms with Gasteiger partial charge in [0, 0.05) is 39.2 Å². The maximum atomic E-state index is 11.7. The molecule has 0 spiro atoms. The average molecular weight is 228 g/mol. The number of hydrogen-bond donors (Lipinski definition) is 1. The highest BCUT2D eigenvalue weighted by atomic mass is 16.5. The molecule has 1 fully saturated rings. The van der Waals surface area contributed by atoms with E-state index in [9.17, 15) is 4.79 Å². The Morgan fingerprint density at radius 3 is 2.75 bits per heavy atom. The standard InChI is InChI=1S/C12H24N2O2/c1-3-14(4-2)12(15)5-7-13-9-11-6-8-16-10-11/h11,13H,3-10H2,1-2H3. The number of ether oxygens (including phenoxy) is 1. The first kappa shape index (κ1) is 13.5. The van der Waals surface area contributed by atoms with E-state index in [1.165, 1.54) is 0 Å². The van der Waals surface area contributed by atoms with Gasteiger partial charge in [-0.2, -0.15) is 0 Å². The maximum Gasteiger partial charge on any atom is 0.223 e. The second kappa shape index (κ2) is 7.63. The zero-order valence-corrected chi connectivity index (χ0v) is 10.5. The van der Waals surface area contributed by atoms with Gasteiger partial charge in [-0.05, 0) is 26.2 Å². The van der Waals surface area contributed by atoms with Gasteiger partial charge in [-0.1, -0.05) is 0 Å². The molecule has 0 bridgehead atoms. The van der Waals surface area contributed by atoms with Gasteiger partial charge < -0.3 is 15.0 Å². The molecule has 0 aromatic heterocycles. The van der Waals surface area contributed by atoms with Gasteiger partial charge in [0.05, 0.1) is 6.61 Å². The summed E-state index contributed by atoms with van der Waals surface area (Å²) in [4.78, 5) is 13.5. The van der Waals surface area contributed by atoms with Crippen LogP contribution in [-0.4, -0.2) is 50.2 Å². The summed E-state index contributed by atoms with van der Waals surface area (Å²) in [6, 6.07) is 0. The molecular formula is C12H24N2O2. The smallest absolute Gasteiger partial charge is 0.223 e. The van der Waals surface area contributed by atoms with Crippen molar-refractivity contribution in [1.29, 1.82) is 0 Å². The second-order valence-electron chi connectivity index (χ2n) is 4.25. The first-order chi connectivity index (χ1) is 7.77. The summed E-state index contributed by atoms with van der Waals surface area (Å²) in [5.41, 5.74) is 0. The molecule has 1 aliphatic rings. The van der Waals surface area contributed by atoms with E-state index in [4.69, 9.17) is 4.74 Å². The Morgan fingerprint density at radius 2 is 2.19 bits per heavy atom. The van der Waals surface area contributed by atoms with Crippen LogP contribution in [0.25, 0.3) is 0 Å². The predicted octanol–water partition coefficient (Wildman–Crippen LogP) is 0.871. The number of hydrogen-bond acceptors (Lipinski definition) is 3. The molecule has 0 aliphatic carbocycles. The highest BCUT2D eigenvalue weighted by molar-refractivity contribution is 5.76. The zero-order valence-electron chi connectivity index (χ0n) is 10.5. The summed E-state index contributed by atoms with van der Waals surface area (Å²) in [5.74, 6) is 0.892. The van der Waals surface area contributed by atoms with E-state index in [2.05, 4.69) is 5.32 Å². The average Bonchev–Trinajstić information content (AvgIpc) is 2.79. The fourth-order valence-corrected chi connectivity index (χ4v) is 1.98. The maximum absolute atomic E-state index is 11.7. The Hall–Kier alpha value is -0.610. The van der Waals surface area contributed by atoms with Gasteiger partial charge in [-0.25, -0.2) is 0 Å². The van der Waals surface area contributed by atoms with Crippen LogP contribution in [0.4, 0.5) is 0 Å². The van der Waals surface area contributed by atoms with Gasteiger partial charge in [-0.3, -0.25) is 4.79 Å². The van der Waals surface area contributed by atoms with Crippen molar-refractivity contribution in [1.82, 2.24) is 10.2 Å².